The van der Waals surface area contributed by atoms with Gasteiger partial charge in [0, 0.05) is 44.5 Å². The maximum absolute atomic E-state index is 13.3. The summed E-state index contributed by atoms with van der Waals surface area (Å²) in [5, 5.41) is 9.54. The van der Waals surface area contributed by atoms with Crippen molar-refractivity contribution in [1.29, 1.82) is 0 Å². The number of piperidine rings is 1. The van der Waals surface area contributed by atoms with Crippen molar-refractivity contribution < 1.29 is 23.8 Å². The van der Waals surface area contributed by atoms with Crippen LogP contribution in [0.1, 0.15) is 42.5 Å². The average molecular weight is 376 g/mol. The first kappa shape index (κ1) is 18.2. The Morgan fingerprint density at radius 3 is 2.74 bits per heavy atom. The van der Waals surface area contributed by atoms with E-state index in [1.807, 2.05) is 4.90 Å². The van der Waals surface area contributed by atoms with Crippen molar-refractivity contribution in [1.82, 2.24) is 9.80 Å². The molecule has 3 fully saturated rings. The van der Waals surface area contributed by atoms with Crippen LogP contribution in [0.4, 0.5) is 4.39 Å². The standard InChI is InChI=1S/C20H25FN2O4/c21-16-3-2-14(12-17(16)24)18(25)22-9-7-20(13-22)6-1-8-23(19(20)26)15-4-10-27-11-5-15/h2-3,12,15,24H,1,4-11,13H2/t20-/m0/s1. The number of likely N-dealkylation sites (tertiary alicyclic amines) is 2. The Morgan fingerprint density at radius 2 is 2.00 bits per heavy atom. The largest absolute Gasteiger partial charge is 0.505 e. The number of nitrogens with zero attached hydrogens (tertiary/aromatic N) is 2. The first-order valence-corrected chi connectivity index (χ1v) is 9.67. The SMILES string of the molecule is O=C(c1ccc(F)c(O)c1)N1CC[C@@]2(CCCN(C3CCOCC3)C2=O)C1. The van der Waals surface area contributed by atoms with Crippen LogP contribution in [0.5, 0.6) is 5.75 Å². The van der Waals surface area contributed by atoms with Gasteiger partial charge in [-0.15, -0.1) is 0 Å². The Balaban J connectivity index is 1.49. The Labute approximate surface area is 157 Å². The Bertz CT molecular complexity index is 749. The number of carbonyl (C=O) groups excluding carboxylic acids is 2. The quantitative estimate of drug-likeness (QED) is 0.859. The lowest BCUT2D eigenvalue weighted by atomic mass is 9.77. The fraction of sp³-hybridized carbons (Fsp3) is 0.600. The van der Waals surface area contributed by atoms with Gasteiger partial charge in [-0.2, -0.15) is 0 Å². The van der Waals surface area contributed by atoms with Gasteiger partial charge in [0.15, 0.2) is 11.6 Å². The molecule has 1 N–H and O–H groups in total. The van der Waals surface area contributed by atoms with Gasteiger partial charge in [-0.1, -0.05) is 0 Å². The monoisotopic (exact) mass is 376 g/mol. The first-order valence-electron chi connectivity index (χ1n) is 9.67. The average Bonchev–Trinajstić information content (AvgIpc) is 3.11. The molecular formula is C20H25FN2O4. The lowest BCUT2D eigenvalue weighted by Crippen LogP contribution is -2.55. The highest BCUT2D eigenvalue weighted by Crippen LogP contribution is 2.42. The predicted octanol–water partition coefficient (Wildman–Crippen LogP) is 2.17. The number of aromatic hydroxyl groups is 1. The van der Waals surface area contributed by atoms with E-state index in [1.54, 1.807) is 4.90 Å². The maximum Gasteiger partial charge on any atom is 0.254 e. The van der Waals surface area contributed by atoms with E-state index in [0.29, 0.717) is 32.7 Å². The van der Waals surface area contributed by atoms with Crippen LogP contribution in [0.3, 0.4) is 0 Å². The van der Waals surface area contributed by atoms with E-state index in [0.717, 1.165) is 44.4 Å². The minimum absolute atomic E-state index is 0.165. The summed E-state index contributed by atoms with van der Waals surface area (Å²) in [4.78, 5) is 29.8. The molecule has 0 unspecified atom stereocenters. The van der Waals surface area contributed by atoms with Gasteiger partial charge >= 0.3 is 0 Å². The van der Waals surface area contributed by atoms with Gasteiger partial charge < -0.3 is 19.6 Å². The highest BCUT2D eigenvalue weighted by molar-refractivity contribution is 5.96. The molecule has 7 heteroatoms. The molecule has 6 nitrogen and oxygen atoms in total. The van der Waals surface area contributed by atoms with Crippen LogP contribution in [0.25, 0.3) is 0 Å². The first-order chi connectivity index (χ1) is 13.0. The summed E-state index contributed by atoms with van der Waals surface area (Å²) in [6.07, 6.45) is 4.15. The topological polar surface area (TPSA) is 70.1 Å². The maximum atomic E-state index is 13.3. The summed E-state index contributed by atoms with van der Waals surface area (Å²) >= 11 is 0. The van der Waals surface area contributed by atoms with Crippen LogP contribution in [0.15, 0.2) is 18.2 Å². The molecule has 0 radical (unpaired) electrons. The van der Waals surface area contributed by atoms with Crippen molar-refractivity contribution in [2.75, 3.05) is 32.8 Å². The molecule has 2 amide bonds. The Kier molecular flexibility index (Phi) is 4.80. The van der Waals surface area contributed by atoms with E-state index in [1.165, 1.54) is 6.07 Å². The van der Waals surface area contributed by atoms with Crippen LogP contribution >= 0.6 is 0 Å². The number of phenols is 1. The zero-order valence-electron chi connectivity index (χ0n) is 15.3. The number of hydrogen-bond acceptors (Lipinski definition) is 4. The highest BCUT2D eigenvalue weighted by atomic mass is 19.1. The molecular weight excluding hydrogens is 351 g/mol. The van der Waals surface area contributed by atoms with Gasteiger partial charge in [0.1, 0.15) is 0 Å². The number of hydrogen-bond donors (Lipinski definition) is 1. The fourth-order valence-corrected chi connectivity index (χ4v) is 4.70. The number of carbonyl (C=O) groups is 2. The van der Waals surface area contributed by atoms with Crippen molar-refractivity contribution in [2.24, 2.45) is 5.41 Å². The van der Waals surface area contributed by atoms with Crippen LogP contribution in [-0.2, 0) is 9.53 Å². The second-order valence-corrected chi connectivity index (χ2v) is 7.87. The van der Waals surface area contributed by atoms with Crippen LogP contribution in [0, 0.1) is 11.2 Å². The van der Waals surface area contributed by atoms with E-state index in [4.69, 9.17) is 4.74 Å². The number of phenolic OH excluding ortho intramolecular Hbond substituents is 1. The molecule has 3 aliphatic heterocycles. The van der Waals surface area contributed by atoms with Crippen molar-refractivity contribution in [3.8, 4) is 5.75 Å². The second-order valence-electron chi connectivity index (χ2n) is 7.87. The van der Waals surface area contributed by atoms with E-state index >= 15 is 0 Å². The number of ether oxygens (including phenoxy) is 1. The molecule has 0 aromatic heterocycles. The van der Waals surface area contributed by atoms with Crippen LogP contribution < -0.4 is 0 Å². The van der Waals surface area contributed by atoms with E-state index < -0.39 is 17.0 Å². The van der Waals surface area contributed by atoms with Crippen molar-refractivity contribution in [2.45, 2.75) is 38.1 Å². The van der Waals surface area contributed by atoms with Crippen LogP contribution in [-0.4, -0.2) is 65.6 Å². The van der Waals surface area contributed by atoms with Gasteiger partial charge in [0.05, 0.1) is 5.41 Å². The predicted molar refractivity (Wildman–Crippen MR) is 95.8 cm³/mol. The van der Waals surface area contributed by atoms with Crippen LogP contribution in [0.2, 0.25) is 0 Å². The van der Waals surface area contributed by atoms with Gasteiger partial charge in [-0.25, -0.2) is 4.39 Å². The summed E-state index contributed by atoms with van der Waals surface area (Å²) in [7, 11) is 0. The molecule has 146 valence electrons. The van der Waals surface area contributed by atoms with E-state index in [2.05, 4.69) is 0 Å². The number of halogens is 1. The van der Waals surface area contributed by atoms with Gasteiger partial charge in [-0.05, 0) is 50.3 Å². The molecule has 1 aromatic rings. The van der Waals surface area contributed by atoms with E-state index in [9.17, 15) is 19.1 Å². The molecule has 1 spiro atoms. The zero-order valence-corrected chi connectivity index (χ0v) is 15.3. The molecule has 0 saturated carbocycles. The van der Waals surface area contributed by atoms with Gasteiger partial charge in [0.2, 0.25) is 5.91 Å². The van der Waals surface area contributed by atoms with Gasteiger partial charge in [-0.3, -0.25) is 9.59 Å². The minimum atomic E-state index is -0.751. The van der Waals surface area contributed by atoms with Crippen molar-refractivity contribution >= 4 is 11.8 Å². The number of amides is 2. The molecule has 3 aliphatic rings. The summed E-state index contributed by atoms with van der Waals surface area (Å²) in [6, 6.07) is 3.86. The molecule has 3 heterocycles. The number of rotatable bonds is 2. The molecule has 0 aliphatic carbocycles. The lowest BCUT2D eigenvalue weighted by molar-refractivity contribution is -0.150. The normalized spacial score (nSPS) is 26.8. The van der Waals surface area contributed by atoms with Crippen molar-refractivity contribution in [3.63, 3.8) is 0 Å². The van der Waals surface area contributed by atoms with E-state index in [-0.39, 0.29) is 23.4 Å². The summed E-state index contributed by atoms with van der Waals surface area (Å²) in [5.41, 5.74) is -0.260. The Hall–Kier alpha value is -2.15. The summed E-state index contributed by atoms with van der Waals surface area (Å²) < 4.78 is 18.7. The molecule has 1 aromatic carbocycles. The third kappa shape index (κ3) is 3.29. The fourth-order valence-electron chi connectivity index (χ4n) is 4.70. The Morgan fingerprint density at radius 1 is 1.22 bits per heavy atom. The zero-order chi connectivity index (χ0) is 19.0. The molecule has 1 atom stereocenters. The van der Waals surface area contributed by atoms with Gasteiger partial charge in [0.25, 0.3) is 5.91 Å². The third-order valence-electron chi connectivity index (χ3n) is 6.23. The molecule has 4 rings (SSSR count). The van der Waals surface area contributed by atoms with Crippen molar-refractivity contribution in [3.05, 3.63) is 29.6 Å². The lowest BCUT2D eigenvalue weighted by Gasteiger charge is -2.44. The smallest absolute Gasteiger partial charge is 0.254 e. The minimum Gasteiger partial charge on any atom is -0.505 e. The second kappa shape index (κ2) is 7.11. The summed E-state index contributed by atoms with van der Waals surface area (Å²) in [6.45, 7) is 3.07. The third-order valence-corrected chi connectivity index (χ3v) is 6.23. The molecule has 0 bridgehead atoms. The molecule has 3 saturated heterocycles. The summed E-state index contributed by atoms with van der Waals surface area (Å²) in [5.74, 6) is -1.38. The highest BCUT2D eigenvalue weighted by Gasteiger charge is 2.50. The number of benzene rings is 1. The molecule has 27 heavy (non-hydrogen) atoms.